The third-order valence-electron chi connectivity index (χ3n) is 2.97. The highest BCUT2D eigenvalue weighted by molar-refractivity contribution is 5.74. The second kappa shape index (κ2) is 4.52. The zero-order chi connectivity index (χ0) is 11.6. The van der Waals surface area contributed by atoms with Crippen molar-refractivity contribution in [3.05, 3.63) is 0 Å². The highest BCUT2D eigenvalue weighted by Gasteiger charge is 2.33. The second-order valence-corrected chi connectivity index (χ2v) is 5.70. The van der Waals surface area contributed by atoms with E-state index in [2.05, 4.69) is 33.0 Å². The molecule has 1 rings (SSSR count). The van der Waals surface area contributed by atoms with Gasteiger partial charge in [0.2, 0.25) is 5.91 Å². The highest BCUT2D eigenvalue weighted by atomic mass is 16.2. The SMILES string of the molecule is CC(=O)N1CC(C)(C)NCC1CC(C)C. The maximum Gasteiger partial charge on any atom is 0.219 e. The molecule has 1 N–H and O–H groups in total. The maximum absolute atomic E-state index is 11.6. The van der Waals surface area contributed by atoms with E-state index in [4.69, 9.17) is 0 Å². The minimum Gasteiger partial charge on any atom is -0.337 e. The number of carbonyl (C=O) groups excluding carboxylic acids is 1. The second-order valence-electron chi connectivity index (χ2n) is 5.70. The number of carbonyl (C=O) groups is 1. The van der Waals surface area contributed by atoms with Crippen molar-refractivity contribution in [2.75, 3.05) is 13.1 Å². The van der Waals surface area contributed by atoms with Crippen LogP contribution in [0.1, 0.15) is 41.0 Å². The van der Waals surface area contributed by atoms with E-state index in [-0.39, 0.29) is 11.4 Å². The third-order valence-corrected chi connectivity index (χ3v) is 2.97. The fourth-order valence-corrected chi connectivity index (χ4v) is 2.24. The van der Waals surface area contributed by atoms with E-state index < -0.39 is 0 Å². The van der Waals surface area contributed by atoms with Crippen LogP contribution < -0.4 is 5.32 Å². The molecule has 1 fully saturated rings. The Hall–Kier alpha value is -0.570. The van der Waals surface area contributed by atoms with Crippen molar-refractivity contribution in [2.45, 2.75) is 52.6 Å². The molecule has 15 heavy (non-hydrogen) atoms. The molecule has 0 radical (unpaired) electrons. The molecule has 1 atom stereocenters. The predicted octanol–water partition coefficient (Wildman–Crippen LogP) is 1.63. The van der Waals surface area contributed by atoms with Crippen LogP contribution in [0.25, 0.3) is 0 Å². The van der Waals surface area contributed by atoms with Gasteiger partial charge in [-0.3, -0.25) is 4.79 Å². The Balaban J connectivity index is 2.68. The number of hydrogen-bond donors (Lipinski definition) is 1. The van der Waals surface area contributed by atoms with E-state index in [9.17, 15) is 4.79 Å². The lowest BCUT2D eigenvalue weighted by Gasteiger charge is -2.45. The van der Waals surface area contributed by atoms with Gasteiger partial charge in [0, 0.05) is 31.6 Å². The van der Waals surface area contributed by atoms with Crippen LogP contribution in [0.3, 0.4) is 0 Å². The topological polar surface area (TPSA) is 32.3 Å². The molecule has 0 aromatic carbocycles. The van der Waals surface area contributed by atoms with E-state index in [1.165, 1.54) is 0 Å². The first kappa shape index (κ1) is 12.5. The lowest BCUT2D eigenvalue weighted by Crippen LogP contribution is -2.62. The molecular formula is C12H24N2O. The fourth-order valence-electron chi connectivity index (χ4n) is 2.24. The lowest BCUT2D eigenvalue weighted by atomic mass is 9.94. The van der Waals surface area contributed by atoms with Crippen molar-refractivity contribution >= 4 is 5.91 Å². The van der Waals surface area contributed by atoms with Crippen molar-refractivity contribution in [1.29, 1.82) is 0 Å². The quantitative estimate of drug-likeness (QED) is 0.754. The Morgan fingerprint density at radius 2 is 2.13 bits per heavy atom. The third kappa shape index (κ3) is 3.49. The van der Waals surface area contributed by atoms with E-state index >= 15 is 0 Å². The Labute approximate surface area is 93.2 Å². The fraction of sp³-hybridized carbons (Fsp3) is 0.917. The average molecular weight is 212 g/mol. The first-order valence-corrected chi connectivity index (χ1v) is 5.84. The average Bonchev–Trinajstić information content (AvgIpc) is 2.07. The summed E-state index contributed by atoms with van der Waals surface area (Å²) in [5.41, 5.74) is 0.0547. The minimum atomic E-state index is 0.0547. The van der Waals surface area contributed by atoms with Crippen LogP contribution in [0.4, 0.5) is 0 Å². The van der Waals surface area contributed by atoms with E-state index in [1.54, 1.807) is 6.92 Å². The van der Waals surface area contributed by atoms with E-state index in [0.717, 1.165) is 19.5 Å². The van der Waals surface area contributed by atoms with Gasteiger partial charge in [0.05, 0.1) is 0 Å². The van der Waals surface area contributed by atoms with Crippen LogP contribution in [0.2, 0.25) is 0 Å². The number of piperazine rings is 1. The molecule has 1 aliphatic rings. The molecule has 1 unspecified atom stereocenters. The first-order valence-electron chi connectivity index (χ1n) is 5.84. The van der Waals surface area contributed by atoms with Crippen molar-refractivity contribution in [2.24, 2.45) is 5.92 Å². The van der Waals surface area contributed by atoms with Gasteiger partial charge in [-0.05, 0) is 26.2 Å². The Kier molecular flexibility index (Phi) is 3.77. The number of nitrogens with one attached hydrogen (secondary N) is 1. The molecule has 1 saturated heterocycles. The molecule has 0 saturated carbocycles. The van der Waals surface area contributed by atoms with Crippen LogP contribution >= 0.6 is 0 Å². The molecule has 0 aromatic heterocycles. The summed E-state index contributed by atoms with van der Waals surface area (Å²) in [6.07, 6.45) is 1.09. The normalized spacial score (nSPS) is 25.7. The van der Waals surface area contributed by atoms with Crippen molar-refractivity contribution in [1.82, 2.24) is 10.2 Å². The first-order chi connectivity index (χ1) is 6.82. The van der Waals surface area contributed by atoms with Gasteiger partial charge in [0.25, 0.3) is 0 Å². The van der Waals surface area contributed by atoms with Gasteiger partial charge in [-0.15, -0.1) is 0 Å². The highest BCUT2D eigenvalue weighted by Crippen LogP contribution is 2.20. The lowest BCUT2D eigenvalue weighted by molar-refractivity contribution is -0.134. The zero-order valence-electron chi connectivity index (χ0n) is 10.6. The van der Waals surface area contributed by atoms with Crippen molar-refractivity contribution in [3.8, 4) is 0 Å². The predicted molar refractivity (Wildman–Crippen MR) is 62.7 cm³/mol. The summed E-state index contributed by atoms with van der Waals surface area (Å²) >= 11 is 0. The van der Waals surface area contributed by atoms with Crippen LogP contribution in [-0.2, 0) is 4.79 Å². The van der Waals surface area contributed by atoms with E-state index in [1.807, 2.05) is 4.90 Å². The van der Waals surface area contributed by atoms with Crippen LogP contribution in [0.15, 0.2) is 0 Å². The maximum atomic E-state index is 11.6. The Bertz CT molecular complexity index is 236. The minimum absolute atomic E-state index is 0.0547. The smallest absolute Gasteiger partial charge is 0.219 e. The molecule has 1 heterocycles. The summed E-state index contributed by atoms with van der Waals surface area (Å²) in [6.45, 7) is 12.1. The standard InChI is InChI=1S/C12H24N2O/c1-9(2)6-11-7-13-12(4,5)8-14(11)10(3)15/h9,11,13H,6-8H2,1-5H3. The zero-order valence-corrected chi connectivity index (χ0v) is 10.6. The molecule has 0 aromatic rings. The number of nitrogens with zero attached hydrogens (tertiary/aromatic N) is 1. The number of rotatable bonds is 2. The molecular weight excluding hydrogens is 188 g/mol. The van der Waals surface area contributed by atoms with Crippen molar-refractivity contribution in [3.63, 3.8) is 0 Å². The van der Waals surface area contributed by atoms with Gasteiger partial charge in [0.15, 0.2) is 0 Å². The van der Waals surface area contributed by atoms with Crippen LogP contribution in [0, 0.1) is 5.92 Å². The summed E-state index contributed by atoms with van der Waals surface area (Å²) < 4.78 is 0. The van der Waals surface area contributed by atoms with Crippen molar-refractivity contribution < 1.29 is 4.79 Å². The molecule has 3 heteroatoms. The molecule has 1 amide bonds. The summed E-state index contributed by atoms with van der Waals surface area (Å²) in [5, 5.41) is 3.50. The molecule has 3 nitrogen and oxygen atoms in total. The number of amides is 1. The van der Waals surface area contributed by atoms with Gasteiger partial charge in [-0.25, -0.2) is 0 Å². The summed E-state index contributed by atoms with van der Waals surface area (Å²) in [4.78, 5) is 13.6. The van der Waals surface area contributed by atoms with Gasteiger partial charge in [-0.2, -0.15) is 0 Å². The summed E-state index contributed by atoms with van der Waals surface area (Å²) in [6, 6.07) is 0.371. The van der Waals surface area contributed by atoms with Gasteiger partial charge in [-0.1, -0.05) is 13.8 Å². The Morgan fingerprint density at radius 3 is 2.60 bits per heavy atom. The van der Waals surface area contributed by atoms with Gasteiger partial charge >= 0.3 is 0 Å². The van der Waals surface area contributed by atoms with Gasteiger partial charge < -0.3 is 10.2 Å². The molecule has 0 bridgehead atoms. The molecule has 0 spiro atoms. The summed E-state index contributed by atoms with van der Waals surface area (Å²) in [5.74, 6) is 0.843. The Morgan fingerprint density at radius 1 is 1.53 bits per heavy atom. The largest absolute Gasteiger partial charge is 0.337 e. The number of hydrogen-bond acceptors (Lipinski definition) is 2. The van der Waals surface area contributed by atoms with Crippen LogP contribution in [0.5, 0.6) is 0 Å². The monoisotopic (exact) mass is 212 g/mol. The summed E-state index contributed by atoms with van der Waals surface area (Å²) in [7, 11) is 0. The molecule has 1 aliphatic heterocycles. The van der Waals surface area contributed by atoms with Crippen LogP contribution in [-0.4, -0.2) is 35.5 Å². The van der Waals surface area contributed by atoms with E-state index in [0.29, 0.717) is 12.0 Å². The molecule has 88 valence electrons. The van der Waals surface area contributed by atoms with Gasteiger partial charge in [0.1, 0.15) is 0 Å². The molecule has 0 aliphatic carbocycles.